The van der Waals surface area contributed by atoms with Crippen molar-refractivity contribution in [2.75, 3.05) is 0 Å². The minimum atomic E-state index is 0.275. The number of hydrogen-bond acceptors (Lipinski definition) is 1. The van der Waals surface area contributed by atoms with Gasteiger partial charge in [0.15, 0.2) is 5.78 Å². The molecule has 0 aromatic rings. The van der Waals surface area contributed by atoms with E-state index in [1.54, 1.807) is 0 Å². The molecule has 0 aromatic carbocycles. The van der Waals surface area contributed by atoms with Gasteiger partial charge in [-0.05, 0) is 38.3 Å². The Kier molecular flexibility index (Phi) is 5.36. The highest BCUT2D eigenvalue weighted by Crippen LogP contribution is 2.14. The van der Waals surface area contributed by atoms with E-state index in [0.29, 0.717) is 6.42 Å². The molecule has 0 spiro atoms. The molecule has 0 aliphatic carbocycles. The van der Waals surface area contributed by atoms with Crippen molar-refractivity contribution in [3.05, 3.63) is 22.8 Å². The van der Waals surface area contributed by atoms with Crippen molar-refractivity contribution in [1.29, 1.82) is 0 Å². The maximum Gasteiger partial charge on any atom is 0.158 e. The van der Waals surface area contributed by atoms with E-state index >= 15 is 0 Å². The summed E-state index contributed by atoms with van der Waals surface area (Å²) in [5.41, 5.74) is 3.34. The Morgan fingerprint density at radius 2 is 1.62 bits per heavy atom. The van der Waals surface area contributed by atoms with Crippen LogP contribution >= 0.6 is 0 Å². The number of carbonyl (C=O) groups is 1. The SMILES string of the molecule is CCC(=O)/C(CC)=C(/C)C=C(C)C. The number of Topliss-reactive ketones (excluding diaryl/α,β-unsaturated/α-hetero) is 1. The monoisotopic (exact) mass is 180 g/mol. The first kappa shape index (κ1) is 12.2. The van der Waals surface area contributed by atoms with Gasteiger partial charge in [0.25, 0.3) is 0 Å². The normalized spacial score (nSPS) is 12.1. The molecule has 0 aromatic heterocycles. The van der Waals surface area contributed by atoms with Gasteiger partial charge in [0.05, 0.1) is 0 Å². The van der Waals surface area contributed by atoms with Gasteiger partial charge in [-0.2, -0.15) is 0 Å². The highest BCUT2D eigenvalue weighted by Gasteiger charge is 2.06. The van der Waals surface area contributed by atoms with Gasteiger partial charge in [0.2, 0.25) is 0 Å². The predicted octanol–water partition coefficient (Wildman–Crippen LogP) is 3.66. The third kappa shape index (κ3) is 4.07. The van der Waals surface area contributed by atoms with E-state index in [-0.39, 0.29) is 5.78 Å². The molecule has 0 atom stereocenters. The van der Waals surface area contributed by atoms with Crippen LogP contribution in [0.25, 0.3) is 0 Å². The molecule has 0 bridgehead atoms. The molecular weight excluding hydrogens is 160 g/mol. The third-order valence-electron chi connectivity index (χ3n) is 1.99. The average Bonchev–Trinajstić information content (AvgIpc) is 2.03. The fourth-order valence-electron chi connectivity index (χ4n) is 1.43. The molecule has 0 unspecified atom stereocenters. The maximum absolute atomic E-state index is 11.5. The molecule has 0 saturated heterocycles. The Hall–Kier alpha value is -0.850. The quantitative estimate of drug-likeness (QED) is 0.476. The first-order valence-electron chi connectivity index (χ1n) is 4.90. The van der Waals surface area contributed by atoms with Crippen LogP contribution in [-0.4, -0.2) is 5.78 Å². The van der Waals surface area contributed by atoms with Gasteiger partial charge >= 0.3 is 0 Å². The number of hydrogen-bond donors (Lipinski definition) is 0. The zero-order valence-corrected chi connectivity index (χ0v) is 9.40. The van der Waals surface area contributed by atoms with Crippen LogP contribution in [0.15, 0.2) is 22.8 Å². The van der Waals surface area contributed by atoms with Gasteiger partial charge in [0.1, 0.15) is 0 Å². The van der Waals surface area contributed by atoms with Crippen molar-refractivity contribution in [3.63, 3.8) is 0 Å². The lowest BCUT2D eigenvalue weighted by Crippen LogP contribution is -2.01. The summed E-state index contributed by atoms with van der Waals surface area (Å²) in [6.07, 6.45) is 3.52. The van der Waals surface area contributed by atoms with E-state index in [1.165, 1.54) is 5.57 Å². The second-order valence-corrected chi connectivity index (χ2v) is 3.51. The molecule has 0 N–H and O–H groups in total. The Balaban J connectivity index is 4.90. The summed E-state index contributed by atoms with van der Waals surface area (Å²) in [7, 11) is 0. The highest BCUT2D eigenvalue weighted by atomic mass is 16.1. The van der Waals surface area contributed by atoms with Crippen LogP contribution in [0.4, 0.5) is 0 Å². The van der Waals surface area contributed by atoms with Crippen molar-refractivity contribution in [2.24, 2.45) is 0 Å². The Bertz CT molecular complexity index is 240. The first-order valence-corrected chi connectivity index (χ1v) is 4.90. The largest absolute Gasteiger partial charge is 0.295 e. The van der Waals surface area contributed by atoms with Crippen LogP contribution < -0.4 is 0 Å². The fraction of sp³-hybridized carbons (Fsp3) is 0.583. The van der Waals surface area contributed by atoms with Gasteiger partial charge < -0.3 is 0 Å². The molecule has 0 heterocycles. The zero-order chi connectivity index (χ0) is 10.4. The van der Waals surface area contributed by atoms with Gasteiger partial charge in [-0.3, -0.25) is 4.79 Å². The lowest BCUT2D eigenvalue weighted by Gasteiger charge is -2.05. The molecule has 0 aliphatic rings. The molecule has 0 aliphatic heterocycles. The molecule has 0 amide bonds. The summed E-state index contributed by atoms with van der Waals surface area (Å²) < 4.78 is 0. The van der Waals surface area contributed by atoms with Crippen molar-refractivity contribution in [2.45, 2.75) is 47.5 Å². The van der Waals surface area contributed by atoms with Gasteiger partial charge in [-0.15, -0.1) is 0 Å². The summed E-state index contributed by atoms with van der Waals surface area (Å²) in [6.45, 7) is 10.1. The van der Waals surface area contributed by atoms with Crippen molar-refractivity contribution in [1.82, 2.24) is 0 Å². The first-order chi connectivity index (χ1) is 6.02. The smallest absolute Gasteiger partial charge is 0.158 e. The molecule has 1 heteroatoms. The molecule has 1 nitrogen and oxygen atoms in total. The lowest BCUT2D eigenvalue weighted by atomic mass is 10.00. The summed E-state index contributed by atoms with van der Waals surface area (Å²) in [5.74, 6) is 0.275. The van der Waals surface area contributed by atoms with Crippen LogP contribution in [0.2, 0.25) is 0 Å². The topological polar surface area (TPSA) is 17.1 Å². The average molecular weight is 180 g/mol. The van der Waals surface area contributed by atoms with E-state index in [1.807, 2.05) is 34.6 Å². The van der Waals surface area contributed by atoms with E-state index in [9.17, 15) is 4.79 Å². The van der Waals surface area contributed by atoms with Crippen molar-refractivity contribution in [3.8, 4) is 0 Å². The number of rotatable bonds is 4. The van der Waals surface area contributed by atoms with Gasteiger partial charge in [-0.25, -0.2) is 0 Å². The molecule has 13 heavy (non-hydrogen) atoms. The molecule has 0 rings (SSSR count). The van der Waals surface area contributed by atoms with E-state index in [2.05, 4.69) is 6.08 Å². The zero-order valence-electron chi connectivity index (χ0n) is 9.40. The lowest BCUT2D eigenvalue weighted by molar-refractivity contribution is -0.115. The van der Waals surface area contributed by atoms with Crippen molar-refractivity contribution >= 4 is 5.78 Å². The summed E-state index contributed by atoms with van der Waals surface area (Å²) in [4.78, 5) is 11.5. The minimum Gasteiger partial charge on any atom is -0.295 e. The molecule has 0 saturated carbocycles. The Morgan fingerprint density at radius 3 is 1.92 bits per heavy atom. The van der Waals surface area contributed by atoms with Crippen LogP contribution in [0.3, 0.4) is 0 Å². The second-order valence-electron chi connectivity index (χ2n) is 3.51. The van der Waals surface area contributed by atoms with E-state index in [4.69, 9.17) is 0 Å². The van der Waals surface area contributed by atoms with E-state index < -0.39 is 0 Å². The van der Waals surface area contributed by atoms with Crippen LogP contribution in [0.1, 0.15) is 47.5 Å². The number of allylic oxidation sites excluding steroid dienone is 4. The van der Waals surface area contributed by atoms with Crippen LogP contribution in [-0.2, 0) is 4.79 Å². The minimum absolute atomic E-state index is 0.275. The third-order valence-corrected chi connectivity index (χ3v) is 1.99. The number of carbonyl (C=O) groups excluding carboxylic acids is 1. The van der Waals surface area contributed by atoms with Crippen molar-refractivity contribution < 1.29 is 4.79 Å². The summed E-state index contributed by atoms with van der Waals surface area (Å²) in [6, 6.07) is 0. The van der Waals surface area contributed by atoms with Gasteiger partial charge in [-0.1, -0.05) is 25.5 Å². The predicted molar refractivity (Wildman–Crippen MR) is 57.7 cm³/mol. The molecule has 0 fully saturated rings. The molecular formula is C12H20O. The van der Waals surface area contributed by atoms with E-state index in [0.717, 1.165) is 17.6 Å². The van der Waals surface area contributed by atoms with Crippen LogP contribution in [0.5, 0.6) is 0 Å². The highest BCUT2D eigenvalue weighted by molar-refractivity contribution is 5.96. The second kappa shape index (κ2) is 5.74. The Morgan fingerprint density at radius 1 is 1.08 bits per heavy atom. The fourth-order valence-corrected chi connectivity index (χ4v) is 1.43. The number of ketones is 1. The summed E-state index contributed by atoms with van der Waals surface area (Å²) >= 11 is 0. The summed E-state index contributed by atoms with van der Waals surface area (Å²) in [5, 5.41) is 0. The van der Waals surface area contributed by atoms with Gasteiger partial charge in [0, 0.05) is 6.42 Å². The maximum atomic E-state index is 11.5. The Labute approximate surface area is 81.5 Å². The van der Waals surface area contributed by atoms with Crippen LogP contribution in [0, 0.1) is 0 Å². The molecule has 0 radical (unpaired) electrons. The molecule has 74 valence electrons. The standard InChI is InChI=1S/C12H20O/c1-6-11(12(13)7-2)10(5)8-9(3)4/h8H,6-7H2,1-5H3/b11-10-.